The summed E-state index contributed by atoms with van der Waals surface area (Å²) in [5, 5.41) is 9.12. The molecule has 0 amide bonds. The summed E-state index contributed by atoms with van der Waals surface area (Å²) >= 11 is 0. The molecule has 0 unspecified atom stereocenters. The van der Waals surface area contributed by atoms with E-state index in [1.807, 2.05) is 18.2 Å². The SMILES string of the molecule is CCCc1ccc(C#N)cc1Cc1ccc2c(c1)C(=O)CC2. The van der Waals surface area contributed by atoms with Crippen molar-refractivity contribution in [2.24, 2.45) is 0 Å². The van der Waals surface area contributed by atoms with E-state index in [9.17, 15) is 4.79 Å². The number of nitrogens with zero attached hydrogens (tertiary/aromatic N) is 1. The van der Waals surface area contributed by atoms with Crippen molar-refractivity contribution in [1.29, 1.82) is 5.26 Å². The minimum atomic E-state index is 0.261. The van der Waals surface area contributed by atoms with Gasteiger partial charge in [0, 0.05) is 12.0 Å². The Morgan fingerprint density at radius 2 is 1.95 bits per heavy atom. The molecule has 0 saturated carbocycles. The fourth-order valence-corrected chi connectivity index (χ4v) is 3.19. The van der Waals surface area contributed by atoms with Crippen molar-refractivity contribution in [3.05, 3.63) is 69.8 Å². The molecule has 1 aliphatic rings. The Hall–Kier alpha value is -2.40. The zero-order valence-electron chi connectivity index (χ0n) is 12.9. The lowest BCUT2D eigenvalue weighted by Gasteiger charge is -2.10. The standard InChI is InChI=1S/C20H19NO/c1-2-3-16-6-5-15(13-21)11-18(16)10-14-4-7-17-8-9-20(22)19(17)12-14/h4-7,11-12H,2-3,8-10H2,1H3. The van der Waals surface area contributed by atoms with Crippen LogP contribution >= 0.6 is 0 Å². The molecule has 0 atom stereocenters. The highest BCUT2D eigenvalue weighted by Crippen LogP contribution is 2.25. The first-order chi connectivity index (χ1) is 10.7. The van der Waals surface area contributed by atoms with Crippen LogP contribution in [0, 0.1) is 11.3 Å². The molecule has 110 valence electrons. The van der Waals surface area contributed by atoms with E-state index in [1.165, 1.54) is 16.7 Å². The number of hydrogen-bond donors (Lipinski definition) is 0. The van der Waals surface area contributed by atoms with Gasteiger partial charge in [0.2, 0.25) is 0 Å². The molecule has 1 aliphatic carbocycles. The molecule has 0 saturated heterocycles. The van der Waals surface area contributed by atoms with Gasteiger partial charge in [0.15, 0.2) is 5.78 Å². The lowest BCUT2D eigenvalue weighted by Crippen LogP contribution is -1.99. The Morgan fingerprint density at radius 1 is 1.09 bits per heavy atom. The minimum absolute atomic E-state index is 0.261. The summed E-state index contributed by atoms with van der Waals surface area (Å²) in [5.74, 6) is 0.261. The molecule has 0 bridgehead atoms. The number of aryl methyl sites for hydroxylation is 2. The Bertz CT molecular complexity index is 768. The van der Waals surface area contributed by atoms with E-state index >= 15 is 0 Å². The van der Waals surface area contributed by atoms with E-state index < -0.39 is 0 Å². The molecular weight excluding hydrogens is 270 g/mol. The summed E-state index contributed by atoms with van der Waals surface area (Å²) in [6.45, 7) is 2.16. The second kappa shape index (κ2) is 6.15. The van der Waals surface area contributed by atoms with Gasteiger partial charge in [-0.1, -0.05) is 31.5 Å². The third-order valence-corrected chi connectivity index (χ3v) is 4.35. The second-order valence-electron chi connectivity index (χ2n) is 5.94. The van der Waals surface area contributed by atoms with Crippen LogP contribution < -0.4 is 0 Å². The number of benzene rings is 2. The van der Waals surface area contributed by atoms with Gasteiger partial charge in [-0.2, -0.15) is 5.26 Å². The number of fused-ring (bicyclic) bond motifs is 1. The van der Waals surface area contributed by atoms with Gasteiger partial charge in [-0.25, -0.2) is 0 Å². The largest absolute Gasteiger partial charge is 0.294 e. The first kappa shape index (κ1) is 14.5. The monoisotopic (exact) mass is 289 g/mol. The molecule has 0 radical (unpaired) electrons. The number of carbonyl (C=O) groups is 1. The van der Waals surface area contributed by atoms with E-state index in [4.69, 9.17) is 5.26 Å². The van der Waals surface area contributed by atoms with Crippen molar-refractivity contribution < 1.29 is 4.79 Å². The Balaban J connectivity index is 1.94. The predicted molar refractivity (Wildman–Crippen MR) is 87.1 cm³/mol. The fraction of sp³-hybridized carbons (Fsp3) is 0.300. The number of nitriles is 1. The van der Waals surface area contributed by atoms with Gasteiger partial charge in [0.25, 0.3) is 0 Å². The molecule has 0 spiro atoms. The van der Waals surface area contributed by atoms with Crippen LogP contribution in [-0.2, 0) is 19.3 Å². The van der Waals surface area contributed by atoms with Crippen LogP contribution in [0.4, 0.5) is 0 Å². The quantitative estimate of drug-likeness (QED) is 0.845. The first-order valence-electron chi connectivity index (χ1n) is 7.88. The fourth-order valence-electron chi connectivity index (χ4n) is 3.19. The number of Topliss-reactive ketones (excluding diaryl/α,β-unsaturated/α-hetero) is 1. The van der Waals surface area contributed by atoms with Crippen molar-refractivity contribution in [2.75, 3.05) is 0 Å². The number of hydrogen-bond acceptors (Lipinski definition) is 2. The van der Waals surface area contributed by atoms with Gasteiger partial charge in [0.1, 0.15) is 0 Å². The van der Waals surface area contributed by atoms with Crippen molar-refractivity contribution in [3.8, 4) is 6.07 Å². The molecule has 2 aromatic carbocycles. The van der Waals surface area contributed by atoms with Crippen molar-refractivity contribution in [1.82, 2.24) is 0 Å². The molecule has 0 N–H and O–H groups in total. The molecule has 3 rings (SSSR count). The Morgan fingerprint density at radius 3 is 2.73 bits per heavy atom. The summed E-state index contributed by atoms with van der Waals surface area (Å²) in [6, 6.07) is 14.4. The Kier molecular flexibility index (Phi) is 4.06. The highest BCUT2D eigenvalue weighted by Gasteiger charge is 2.19. The van der Waals surface area contributed by atoms with Gasteiger partial charge in [-0.15, -0.1) is 0 Å². The van der Waals surface area contributed by atoms with E-state index in [-0.39, 0.29) is 5.78 Å². The summed E-state index contributed by atoms with van der Waals surface area (Å²) in [7, 11) is 0. The average molecular weight is 289 g/mol. The molecular formula is C20H19NO. The van der Waals surface area contributed by atoms with Gasteiger partial charge >= 0.3 is 0 Å². The number of rotatable bonds is 4. The third kappa shape index (κ3) is 2.80. The molecule has 0 aromatic heterocycles. The maximum atomic E-state index is 11.9. The van der Waals surface area contributed by atoms with Crippen LogP contribution in [0.2, 0.25) is 0 Å². The van der Waals surface area contributed by atoms with E-state index in [0.29, 0.717) is 12.0 Å². The highest BCUT2D eigenvalue weighted by atomic mass is 16.1. The normalized spacial score (nSPS) is 13.0. The van der Waals surface area contributed by atoms with Gasteiger partial charge < -0.3 is 0 Å². The maximum absolute atomic E-state index is 11.9. The summed E-state index contributed by atoms with van der Waals surface area (Å²) in [6.07, 6.45) is 4.40. The second-order valence-corrected chi connectivity index (χ2v) is 5.94. The number of carbonyl (C=O) groups excluding carboxylic acids is 1. The van der Waals surface area contributed by atoms with Crippen LogP contribution in [0.25, 0.3) is 0 Å². The van der Waals surface area contributed by atoms with Crippen LogP contribution in [0.1, 0.15) is 57.9 Å². The number of ketones is 1. The third-order valence-electron chi connectivity index (χ3n) is 4.35. The highest BCUT2D eigenvalue weighted by molar-refractivity contribution is 6.00. The molecule has 2 aromatic rings. The zero-order chi connectivity index (χ0) is 15.5. The van der Waals surface area contributed by atoms with Gasteiger partial charge in [0.05, 0.1) is 11.6 Å². The van der Waals surface area contributed by atoms with Crippen LogP contribution in [0.15, 0.2) is 36.4 Å². The van der Waals surface area contributed by atoms with Gasteiger partial charge in [-0.05, 0) is 59.7 Å². The van der Waals surface area contributed by atoms with Crippen LogP contribution in [0.3, 0.4) is 0 Å². The van der Waals surface area contributed by atoms with Crippen molar-refractivity contribution in [2.45, 2.75) is 39.0 Å². The Labute approximate surface area is 131 Å². The van der Waals surface area contributed by atoms with E-state index in [0.717, 1.165) is 36.8 Å². The minimum Gasteiger partial charge on any atom is -0.294 e. The molecule has 0 aliphatic heterocycles. The van der Waals surface area contributed by atoms with Crippen molar-refractivity contribution >= 4 is 5.78 Å². The molecule has 0 fully saturated rings. The van der Waals surface area contributed by atoms with Gasteiger partial charge in [-0.3, -0.25) is 4.79 Å². The zero-order valence-corrected chi connectivity index (χ0v) is 12.9. The lowest BCUT2D eigenvalue weighted by atomic mass is 9.94. The smallest absolute Gasteiger partial charge is 0.163 e. The van der Waals surface area contributed by atoms with Crippen molar-refractivity contribution in [3.63, 3.8) is 0 Å². The first-order valence-corrected chi connectivity index (χ1v) is 7.88. The summed E-state index contributed by atoms with van der Waals surface area (Å²) < 4.78 is 0. The maximum Gasteiger partial charge on any atom is 0.163 e. The van der Waals surface area contributed by atoms with Crippen LogP contribution in [0.5, 0.6) is 0 Å². The molecule has 22 heavy (non-hydrogen) atoms. The van der Waals surface area contributed by atoms with E-state index in [2.05, 4.69) is 31.2 Å². The lowest BCUT2D eigenvalue weighted by molar-refractivity contribution is 0.0994. The predicted octanol–water partition coefficient (Wildman–Crippen LogP) is 4.23. The summed E-state index contributed by atoms with van der Waals surface area (Å²) in [5.41, 5.74) is 6.42. The van der Waals surface area contributed by atoms with E-state index in [1.54, 1.807) is 0 Å². The molecule has 0 heterocycles. The average Bonchev–Trinajstić information content (AvgIpc) is 2.90. The molecule has 2 nitrogen and oxygen atoms in total. The summed E-state index contributed by atoms with van der Waals surface area (Å²) in [4.78, 5) is 11.9. The van der Waals surface area contributed by atoms with Crippen LogP contribution in [-0.4, -0.2) is 5.78 Å². The topological polar surface area (TPSA) is 40.9 Å². The molecule has 2 heteroatoms.